The predicted molar refractivity (Wildman–Crippen MR) is 87.2 cm³/mol. The fraction of sp³-hybridized carbons (Fsp3) is 0.588. The van der Waals surface area contributed by atoms with Crippen molar-refractivity contribution in [3.05, 3.63) is 17.5 Å². The summed E-state index contributed by atoms with van der Waals surface area (Å²) in [4.78, 5) is 25.7. The molecule has 1 aliphatic heterocycles. The van der Waals surface area contributed by atoms with E-state index in [0.29, 0.717) is 13.1 Å². The average molecular weight is 316 g/mol. The van der Waals surface area contributed by atoms with Crippen molar-refractivity contribution in [2.75, 3.05) is 13.1 Å². The monoisotopic (exact) mass is 316 g/mol. The minimum atomic E-state index is -0.404. The van der Waals surface area contributed by atoms with Gasteiger partial charge in [-0.15, -0.1) is 0 Å². The maximum Gasteiger partial charge on any atom is 0.298 e. The molecule has 0 bridgehead atoms. The first-order valence-corrected chi connectivity index (χ1v) is 7.70. The van der Waals surface area contributed by atoms with Crippen LogP contribution in [0, 0.1) is 30.1 Å². The Morgan fingerprint density at radius 2 is 2.00 bits per heavy atom. The van der Waals surface area contributed by atoms with Crippen molar-refractivity contribution in [1.29, 1.82) is 0 Å². The lowest BCUT2D eigenvalue weighted by atomic mass is 9.89. The van der Waals surface area contributed by atoms with E-state index >= 15 is 0 Å². The molecule has 1 aromatic rings. The Labute approximate surface area is 137 Å². The Hall–Kier alpha value is -2.29. The van der Waals surface area contributed by atoms with Crippen LogP contribution < -0.4 is 5.73 Å². The van der Waals surface area contributed by atoms with Crippen molar-refractivity contribution in [3.63, 3.8) is 0 Å². The van der Waals surface area contributed by atoms with Crippen LogP contribution in [0.25, 0.3) is 0 Å². The third-order valence-electron chi connectivity index (χ3n) is 4.19. The molecule has 6 heteroatoms. The van der Waals surface area contributed by atoms with Gasteiger partial charge in [-0.25, -0.2) is 0 Å². The average Bonchev–Trinajstić information content (AvgIpc) is 3.01. The molecule has 0 aliphatic carbocycles. The van der Waals surface area contributed by atoms with Crippen molar-refractivity contribution in [3.8, 4) is 11.8 Å². The number of nitrogens with two attached hydrogens (primary N) is 1. The number of carbonyl (C=O) groups excluding carboxylic acids is 2. The van der Waals surface area contributed by atoms with Crippen LogP contribution in [0.15, 0.2) is 6.20 Å². The molecule has 1 aromatic heterocycles. The first-order chi connectivity index (χ1) is 10.6. The Morgan fingerprint density at radius 3 is 2.48 bits per heavy atom. The van der Waals surface area contributed by atoms with Crippen molar-refractivity contribution in [2.24, 2.45) is 24.1 Å². The number of likely N-dealkylation sites (tertiary alicyclic amines) is 1. The lowest BCUT2D eigenvalue weighted by Gasteiger charge is -2.14. The second-order valence-corrected chi connectivity index (χ2v) is 7.13. The molecule has 2 amide bonds. The molecular formula is C17H24N4O2. The van der Waals surface area contributed by atoms with E-state index in [9.17, 15) is 9.59 Å². The molecule has 1 saturated heterocycles. The number of hydrogen-bond acceptors (Lipinski definition) is 3. The quantitative estimate of drug-likeness (QED) is 0.820. The molecule has 0 saturated carbocycles. The molecule has 1 fully saturated rings. The fourth-order valence-corrected chi connectivity index (χ4v) is 2.77. The molecule has 0 aromatic carbocycles. The van der Waals surface area contributed by atoms with E-state index in [2.05, 4.69) is 16.9 Å². The van der Waals surface area contributed by atoms with Gasteiger partial charge in [0.25, 0.3) is 5.91 Å². The molecule has 2 rings (SSSR count). The highest BCUT2D eigenvalue weighted by Gasteiger charge is 2.40. The SMILES string of the molecule is Cc1c([C@H]2CN(C(=O)C#CC(C)(C)C)C[C@@H]2C(N)=O)cnn1C. The first kappa shape index (κ1) is 17.1. The van der Waals surface area contributed by atoms with Crippen LogP contribution in [0.2, 0.25) is 0 Å². The van der Waals surface area contributed by atoms with Crippen molar-refractivity contribution >= 4 is 11.8 Å². The van der Waals surface area contributed by atoms with Gasteiger partial charge in [0.05, 0.1) is 12.1 Å². The largest absolute Gasteiger partial charge is 0.369 e. The van der Waals surface area contributed by atoms with Gasteiger partial charge >= 0.3 is 0 Å². The number of amides is 2. The summed E-state index contributed by atoms with van der Waals surface area (Å²) in [5.74, 6) is 4.45. The number of nitrogens with zero attached hydrogens (tertiary/aromatic N) is 3. The Morgan fingerprint density at radius 1 is 1.35 bits per heavy atom. The van der Waals surface area contributed by atoms with Gasteiger partial charge in [0, 0.05) is 37.2 Å². The first-order valence-electron chi connectivity index (χ1n) is 7.70. The number of rotatable bonds is 2. The fourth-order valence-electron chi connectivity index (χ4n) is 2.77. The highest BCUT2D eigenvalue weighted by molar-refractivity contribution is 5.94. The Bertz CT molecular complexity index is 688. The van der Waals surface area contributed by atoms with Crippen LogP contribution in [-0.2, 0) is 16.6 Å². The number of aromatic nitrogens is 2. The molecule has 2 N–H and O–H groups in total. The van der Waals surface area contributed by atoms with E-state index in [0.717, 1.165) is 11.3 Å². The van der Waals surface area contributed by atoms with Gasteiger partial charge in [0.2, 0.25) is 5.91 Å². The van der Waals surface area contributed by atoms with E-state index in [1.54, 1.807) is 15.8 Å². The van der Waals surface area contributed by atoms with E-state index in [1.807, 2.05) is 34.7 Å². The summed E-state index contributed by atoms with van der Waals surface area (Å²) in [5.41, 5.74) is 7.26. The minimum absolute atomic E-state index is 0.124. The summed E-state index contributed by atoms with van der Waals surface area (Å²) >= 11 is 0. The van der Waals surface area contributed by atoms with Crippen LogP contribution in [0.3, 0.4) is 0 Å². The molecule has 0 unspecified atom stereocenters. The molecule has 0 spiro atoms. The number of aryl methyl sites for hydroxylation is 1. The Balaban J connectivity index is 2.25. The molecular weight excluding hydrogens is 292 g/mol. The van der Waals surface area contributed by atoms with E-state index in [4.69, 9.17) is 5.73 Å². The van der Waals surface area contributed by atoms with Crippen LogP contribution in [-0.4, -0.2) is 39.6 Å². The predicted octanol–water partition coefficient (Wildman–Crippen LogP) is 0.805. The summed E-state index contributed by atoms with van der Waals surface area (Å²) in [7, 11) is 1.85. The lowest BCUT2D eigenvalue weighted by Crippen LogP contribution is -2.31. The van der Waals surface area contributed by atoms with Gasteiger partial charge in [-0.2, -0.15) is 5.10 Å². The zero-order valence-electron chi connectivity index (χ0n) is 14.4. The second-order valence-electron chi connectivity index (χ2n) is 7.13. The van der Waals surface area contributed by atoms with Crippen LogP contribution in [0.1, 0.15) is 37.9 Å². The highest BCUT2D eigenvalue weighted by Crippen LogP contribution is 2.34. The molecule has 2 atom stereocenters. The van der Waals surface area contributed by atoms with E-state index in [-0.39, 0.29) is 17.2 Å². The molecule has 23 heavy (non-hydrogen) atoms. The summed E-state index contributed by atoms with van der Waals surface area (Å²) in [6.45, 7) is 8.55. The zero-order valence-corrected chi connectivity index (χ0v) is 14.4. The van der Waals surface area contributed by atoms with Crippen LogP contribution in [0.4, 0.5) is 0 Å². The standard InChI is InChI=1S/C17H24N4O2/c1-11-12(8-19-20(11)5)13-9-21(10-14(13)16(18)23)15(22)6-7-17(2,3)4/h8,13-14H,9-10H2,1-5H3,(H2,18,23)/t13-,14+/m1/s1. The summed E-state index contributed by atoms with van der Waals surface area (Å²) in [6, 6.07) is 0. The van der Waals surface area contributed by atoms with Gasteiger partial charge in [0.1, 0.15) is 0 Å². The molecule has 0 radical (unpaired) electrons. The van der Waals surface area contributed by atoms with Gasteiger partial charge in [-0.1, -0.05) is 5.92 Å². The molecule has 124 valence electrons. The van der Waals surface area contributed by atoms with Gasteiger partial charge in [-0.3, -0.25) is 14.3 Å². The van der Waals surface area contributed by atoms with Crippen molar-refractivity contribution < 1.29 is 9.59 Å². The van der Waals surface area contributed by atoms with Crippen LogP contribution in [0.5, 0.6) is 0 Å². The van der Waals surface area contributed by atoms with E-state index < -0.39 is 11.8 Å². The van der Waals surface area contributed by atoms with Crippen molar-refractivity contribution in [2.45, 2.75) is 33.6 Å². The van der Waals surface area contributed by atoms with Crippen LogP contribution >= 0.6 is 0 Å². The van der Waals surface area contributed by atoms with Crippen molar-refractivity contribution in [1.82, 2.24) is 14.7 Å². The third-order valence-corrected chi connectivity index (χ3v) is 4.19. The minimum Gasteiger partial charge on any atom is -0.369 e. The number of carbonyl (C=O) groups is 2. The number of hydrogen-bond donors (Lipinski definition) is 1. The molecule has 2 heterocycles. The molecule has 6 nitrogen and oxygen atoms in total. The zero-order chi connectivity index (χ0) is 17.4. The second kappa shape index (κ2) is 6.07. The summed E-state index contributed by atoms with van der Waals surface area (Å²) in [5, 5.41) is 4.23. The molecule has 1 aliphatic rings. The van der Waals surface area contributed by atoms with Gasteiger partial charge < -0.3 is 10.6 Å². The smallest absolute Gasteiger partial charge is 0.298 e. The topological polar surface area (TPSA) is 81.2 Å². The number of primary amides is 1. The maximum atomic E-state index is 12.3. The van der Waals surface area contributed by atoms with Gasteiger partial charge in [-0.05, 0) is 39.2 Å². The summed E-state index contributed by atoms with van der Waals surface area (Å²) < 4.78 is 1.76. The maximum absolute atomic E-state index is 12.3. The lowest BCUT2D eigenvalue weighted by molar-refractivity contribution is -0.125. The third kappa shape index (κ3) is 3.73. The van der Waals surface area contributed by atoms with E-state index in [1.165, 1.54) is 0 Å². The highest BCUT2D eigenvalue weighted by atomic mass is 16.2. The Kier molecular flexibility index (Phi) is 4.51. The normalized spacial score (nSPS) is 21.0. The summed E-state index contributed by atoms with van der Waals surface area (Å²) in [6.07, 6.45) is 1.75. The van der Waals surface area contributed by atoms with Gasteiger partial charge in [0.15, 0.2) is 0 Å².